The summed E-state index contributed by atoms with van der Waals surface area (Å²) in [6.07, 6.45) is 0. The molecular weight excluding hydrogens is 446 g/mol. The first-order valence-corrected chi connectivity index (χ1v) is 11.6. The molecule has 0 aliphatic heterocycles. The second-order valence-electron chi connectivity index (χ2n) is 8.56. The van der Waals surface area contributed by atoms with Crippen molar-refractivity contribution in [2.24, 2.45) is 0 Å². The van der Waals surface area contributed by atoms with E-state index < -0.39 is 0 Å². The first kappa shape index (κ1) is 24.3. The molecule has 0 unspecified atom stereocenters. The summed E-state index contributed by atoms with van der Waals surface area (Å²) in [7, 11) is 3.27. The number of H-pyrrole nitrogens is 1. The van der Waals surface area contributed by atoms with Crippen molar-refractivity contribution in [3.63, 3.8) is 0 Å². The lowest BCUT2D eigenvalue weighted by Crippen LogP contribution is -2.29. The number of ether oxygens (including phenoxy) is 2. The summed E-state index contributed by atoms with van der Waals surface area (Å²) in [5.41, 5.74) is 5.15. The van der Waals surface area contributed by atoms with Gasteiger partial charge in [-0.15, -0.1) is 10.2 Å². The molecule has 0 fully saturated rings. The summed E-state index contributed by atoms with van der Waals surface area (Å²) in [6, 6.07) is 12.0. The summed E-state index contributed by atoms with van der Waals surface area (Å²) >= 11 is 0. The molecule has 0 bridgehead atoms. The van der Waals surface area contributed by atoms with Crippen LogP contribution in [-0.2, 0) is 11.3 Å². The number of carbonyl (C=O) groups excluding carboxylic acids is 1. The molecule has 0 aliphatic carbocycles. The molecular formula is C26H31N5O4. The number of nitrogens with zero attached hydrogens (tertiary/aromatic N) is 2. The smallest absolute Gasteiger partial charge is 0.247 e. The highest BCUT2D eigenvalue weighted by molar-refractivity contribution is 5.94. The second kappa shape index (κ2) is 10.6. The third-order valence-corrected chi connectivity index (χ3v) is 5.75. The molecule has 0 saturated heterocycles. The Labute approximate surface area is 204 Å². The van der Waals surface area contributed by atoms with Crippen molar-refractivity contribution >= 4 is 16.8 Å². The van der Waals surface area contributed by atoms with Crippen LogP contribution in [-0.4, -0.2) is 48.4 Å². The molecule has 0 saturated carbocycles. The van der Waals surface area contributed by atoms with E-state index in [1.807, 2.05) is 30.3 Å². The van der Waals surface area contributed by atoms with Gasteiger partial charge in [0.25, 0.3) is 0 Å². The topological polar surface area (TPSA) is 114 Å². The number of amides is 1. The number of hydrogen-bond donors (Lipinski definition) is 3. The monoisotopic (exact) mass is 477 g/mol. The lowest BCUT2D eigenvalue weighted by atomic mass is 9.95. The van der Waals surface area contributed by atoms with Gasteiger partial charge < -0.3 is 29.5 Å². The van der Waals surface area contributed by atoms with Gasteiger partial charge in [0.15, 0.2) is 11.5 Å². The Kier molecular flexibility index (Phi) is 7.36. The molecule has 0 aliphatic rings. The van der Waals surface area contributed by atoms with Crippen molar-refractivity contribution in [2.45, 2.75) is 33.2 Å². The van der Waals surface area contributed by atoms with Crippen molar-refractivity contribution in [3.05, 3.63) is 47.9 Å². The minimum absolute atomic E-state index is 0.0536. The van der Waals surface area contributed by atoms with Crippen LogP contribution in [0.1, 0.15) is 38.1 Å². The maximum Gasteiger partial charge on any atom is 0.247 e. The highest BCUT2D eigenvalue weighted by Crippen LogP contribution is 2.40. The fourth-order valence-electron chi connectivity index (χ4n) is 4.13. The maximum absolute atomic E-state index is 10.9. The number of aromatic amines is 1. The van der Waals surface area contributed by atoms with Gasteiger partial charge in [0, 0.05) is 42.0 Å². The van der Waals surface area contributed by atoms with Gasteiger partial charge in [0.1, 0.15) is 0 Å². The molecule has 4 aromatic rings. The van der Waals surface area contributed by atoms with E-state index >= 15 is 0 Å². The van der Waals surface area contributed by atoms with Gasteiger partial charge in [-0.3, -0.25) is 4.79 Å². The van der Waals surface area contributed by atoms with Crippen LogP contribution in [0.5, 0.6) is 11.5 Å². The van der Waals surface area contributed by atoms with E-state index in [0.717, 1.165) is 27.7 Å². The predicted octanol–water partition coefficient (Wildman–Crippen LogP) is 4.25. The zero-order valence-electron chi connectivity index (χ0n) is 20.7. The number of aromatic nitrogens is 3. The average molecular weight is 478 g/mol. The van der Waals surface area contributed by atoms with Crippen molar-refractivity contribution in [3.8, 4) is 34.2 Å². The van der Waals surface area contributed by atoms with E-state index in [2.05, 4.69) is 45.7 Å². The number of hydrogen-bond acceptors (Lipinski definition) is 7. The lowest BCUT2D eigenvalue weighted by Gasteiger charge is -2.12. The first-order chi connectivity index (χ1) is 16.9. The van der Waals surface area contributed by atoms with Crippen LogP contribution in [0.4, 0.5) is 0 Å². The molecule has 4 rings (SSSR count). The Hall–Kier alpha value is -3.85. The van der Waals surface area contributed by atoms with E-state index in [4.69, 9.17) is 13.9 Å². The van der Waals surface area contributed by atoms with Gasteiger partial charge in [-0.1, -0.05) is 13.8 Å². The van der Waals surface area contributed by atoms with Gasteiger partial charge in [0.05, 0.1) is 26.5 Å². The second-order valence-corrected chi connectivity index (χ2v) is 8.56. The zero-order chi connectivity index (χ0) is 24.9. The van der Waals surface area contributed by atoms with Crippen LogP contribution < -0.4 is 20.1 Å². The Morgan fingerprint density at radius 1 is 1.03 bits per heavy atom. The van der Waals surface area contributed by atoms with Crippen molar-refractivity contribution < 1.29 is 18.7 Å². The summed E-state index contributed by atoms with van der Waals surface area (Å²) in [6.45, 7) is 7.44. The lowest BCUT2D eigenvalue weighted by molar-refractivity contribution is -0.118. The number of benzene rings is 2. The molecule has 2 aromatic carbocycles. The van der Waals surface area contributed by atoms with Crippen LogP contribution in [0.3, 0.4) is 0 Å². The van der Waals surface area contributed by atoms with Gasteiger partial charge >= 0.3 is 0 Å². The molecule has 0 radical (unpaired) electrons. The summed E-state index contributed by atoms with van der Waals surface area (Å²) in [5, 5.41) is 15.4. The van der Waals surface area contributed by atoms with E-state index in [1.54, 1.807) is 14.2 Å². The number of rotatable bonds is 10. The van der Waals surface area contributed by atoms with E-state index in [9.17, 15) is 4.79 Å². The maximum atomic E-state index is 10.9. The largest absolute Gasteiger partial charge is 0.493 e. The van der Waals surface area contributed by atoms with Crippen LogP contribution in [0, 0.1) is 0 Å². The molecule has 2 aromatic heterocycles. The molecule has 3 N–H and O–H groups in total. The molecule has 1 amide bonds. The third-order valence-electron chi connectivity index (χ3n) is 5.75. The number of carbonyl (C=O) groups is 1. The van der Waals surface area contributed by atoms with Crippen LogP contribution in [0.15, 0.2) is 40.8 Å². The van der Waals surface area contributed by atoms with Gasteiger partial charge in [-0.25, -0.2) is 0 Å². The quantitative estimate of drug-likeness (QED) is 0.293. The van der Waals surface area contributed by atoms with Crippen LogP contribution in [0.2, 0.25) is 0 Å². The Balaban J connectivity index is 1.62. The van der Waals surface area contributed by atoms with Crippen LogP contribution >= 0.6 is 0 Å². The van der Waals surface area contributed by atoms with Crippen molar-refractivity contribution in [2.75, 3.05) is 27.3 Å². The minimum Gasteiger partial charge on any atom is -0.493 e. The Bertz CT molecular complexity index is 1320. The van der Waals surface area contributed by atoms with Gasteiger partial charge in [-0.2, -0.15) is 0 Å². The highest BCUT2D eigenvalue weighted by Gasteiger charge is 2.19. The van der Waals surface area contributed by atoms with E-state index in [0.29, 0.717) is 42.9 Å². The minimum atomic E-state index is -0.0536. The number of methoxy groups -OCH3 is 2. The Morgan fingerprint density at radius 2 is 1.80 bits per heavy atom. The predicted molar refractivity (Wildman–Crippen MR) is 135 cm³/mol. The van der Waals surface area contributed by atoms with Gasteiger partial charge in [0.2, 0.25) is 17.7 Å². The van der Waals surface area contributed by atoms with E-state index in [-0.39, 0.29) is 11.8 Å². The van der Waals surface area contributed by atoms with Gasteiger partial charge in [-0.05, 0) is 47.9 Å². The Morgan fingerprint density at radius 3 is 2.51 bits per heavy atom. The standard InChI is InChI=1S/C26H31N5O4/c1-15(2)24-19-12-18(26-31-30-23(35-26)14-27-10-11-28-16(3)32)6-8-20(19)29-25(24)17-7-9-21(33-4)22(13-17)34-5/h6-9,12-13,15,27,29H,10-11,14H2,1-5H3,(H,28,32). The fourth-order valence-corrected chi connectivity index (χ4v) is 4.13. The molecule has 2 heterocycles. The van der Waals surface area contributed by atoms with Crippen molar-refractivity contribution in [1.82, 2.24) is 25.8 Å². The zero-order valence-corrected chi connectivity index (χ0v) is 20.7. The molecule has 9 heteroatoms. The normalized spacial score (nSPS) is 11.3. The fraction of sp³-hybridized carbons (Fsp3) is 0.346. The summed E-state index contributed by atoms with van der Waals surface area (Å²) in [5.74, 6) is 2.55. The number of nitrogens with one attached hydrogen (secondary N) is 3. The third kappa shape index (κ3) is 5.30. The van der Waals surface area contributed by atoms with Crippen molar-refractivity contribution in [1.29, 1.82) is 0 Å². The summed E-state index contributed by atoms with van der Waals surface area (Å²) < 4.78 is 16.8. The first-order valence-electron chi connectivity index (χ1n) is 11.6. The molecule has 9 nitrogen and oxygen atoms in total. The highest BCUT2D eigenvalue weighted by atomic mass is 16.5. The molecule has 0 atom stereocenters. The average Bonchev–Trinajstić information content (AvgIpc) is 3.47. The van der Waals surface area contributed by atoms with E-state index in [1.165, 1.54) is 12.5 Å². The molecule has 184 valence electrons. The number of fused-ring (bicyclic) bond motifs is 1. The van der Waals surface area contributed by atoms with Crippen LogP contribution in [0.25, 0.3) is 33.6 Å². The molecule has 35 heavy (non-hydrogen) atoms. The molecule has 0 spiro atoms. The SMILES string of the molecule is COc1ccc(-c2[nH]c3ccc(-c4nnc(CNCCNC(C)=O)o4)cc3c2C(C)C)cc1OC. The summed E-state index contributed by atoms with van der Waals surface area (Å²) in [4.78, 5) is 14.5.